The Morgan fingerprint density at radius 3 is 3.21 bits per heavy atom. The smallest absolute Gasteiger partial charge is 0.321 e. The third-order valence-corrected chi connectivity index (χ3v) is 3.27. The maximum Gasteiger partial charge on any atom is 0.321 e. The number of rotatable bonds is 3. The van der Waals surface area contributed by atoms with Crippen LogP contribution >= 0.6 is 11.8 Å². The van der Waals surface area contributed by atoms with Crippen molar-refractivity contribution in [2.45, 2.75) is 18.0 Å². The van der Waals surface area contributed by atoms with E-state index in [0.29, 0.717) is 12.3 Å². The summed E-state index contributed by atoms with van der Waals surface area (Å²) in [5, 5.41) is 16.0. The third-order valence-electron chi connectivity index (χ3n) is 2.06. The Balaban J connectivity index is 1.87. The molecule has 0 aliphatic carbocycles. The molecule has 0 amide bonds. The van der Waals surface area contributed by atoms with E-state index in [9.17, 15) is 4.79 Å². The number of carboxylic acid groups (broad SMARTS) is 1. The Bertz CT molecular complexity index is 314. The van der Waals surface area contributed by atoms with Gasteiger partial charge in [-0.15, -0.1) is 11.8 Å². The molecular formula is C8H11N3O2S. The molecule has 1 aromatic rings. The number of aliphatic carboxylic acids is 1. The minimum atomic E-state index is -0.777. The van der Waals surface area contributed by atoms with Crippen LogP contribution in [-0.4, -0.2) is 38.0 Å². The van der Waals surface area contributed by atoms with E-state index in [1.54, 1.807) is 22.6 Å². The van der Waals surface area contributed by atoms with Gasteiger partial charge in [-0.3, -0.25) is 14.8 Å². The summed E-state index contributed by atoms with van der Waals surface area (Å²) in [6.45, 7) is 0.710. The van der Waals surface area contributed by atoms with Gasteiger partial charge in [0.2, 0.25) is 0 Å². The SMILES string of the molecule is O=C(O)[C@@H]1CS[C@@H](Cn2cccn2)N1. The second-order valence-electron chi connectivity index (χ2n) is 3.11. The summed E-state index contributed by atoms with van der Waals surface area (Å²) < 4.78 is 1.80. The lowest BCUT2D eigenvalue weighted by atomic mass is 10.3. The maximum absolute atomic E-state index is 10.7. The van der Waals surface area contributed by atoms with Crippen molar-refractivity contribution in [2.24, 2.45) is 0 Å². The predicted octanol–water partition coefficient (Wildman–Crippen LogP) is -0.00120. The molecule has 6 heteroatoms. The molecule has 1 fully saturated rings. The quantitative estimate of drug-likeness (QED) is 0.739. The van der Waals surface area contributed by atoms with Crippen LogP contribution in [0.2, 0.25) is 0 Å². The lowest BCUT2D eigenvalue weighted by Gasteiger charge is -2.10. The van der Waals surface area contributed by atoms with Crippen LogP contribution in [0.3, 0.4) is 0 Å². The van der Waals surface area contributed by atoms with E-state index in [4.69, 9.17) is 5.11 Å². The Morgan fingerprint density at radius 2 is 2.64 bits per heavy atom. The van der Waals surface area contributed by atoms with Gasteiger partial charge < -0.3 is 5.11 Å². The van der Waals surface area contributed by atoms with Crippen LogP contribution in [0.15, 0.2) is 18.5 Å². The number of carboxylic acids is 1. The molecule has 2 rings (SSSR count). The van der Waals surface area contributed by atoms with Gasteiger partial charge >= 0.3 is 5.97 Å². The molecule has 1 aliphatic rings. The van der Waals surface area contributed by atoms with Gasteiger partial charge in [-0.2, -0.15) is 5.10 Å². The first-order valence-electron chi connectivity index (χ1n) is 4.33. The molecule has 0 spiro atoms. The van der Waals surface area contributed by atoms with Crippen molar-refractivity contribution in [3.05, 3.63) is 18.5 Å². The first-order chi connectivity index (χ1) is 6.75. The molecule has 0 radical (unpaired) electrons. The van der Waals surface area contributed by atoms with Gasteiger partial charge in [-0.05, 0) is 6.07 Å². The topological polar surface area (TPSA) is 67.1 Å². The Hall–Kier alpha value is -1.01. The van der Waals surface area contributed by atoms with Crippen molar-refractivity contribution in [1.29, 1.82) is 0 Å². The molecule has 1 aliphatic heterocycles. The molecule has 1 saturated heterocycles. The molecule has 0 bridgehead atoms. The van der Waals surface area contributed by atoms with Crippen molar-refractivity contribution in [3.8, 4) is 0 Å². The van der Waals surface area contributed by atoms with Crippen LogP contribution in [0.25, 0.3) is 0 Å². The number of hydrogen-bond donors (Lipinski definition) is 2. The summed E-state index contributed by atoms with van der Waals surface area (Å²) in [6.07, 6.45) is 3.59. The van der Waals surface area contributed by atoms with Gasteiger partial charge in [-0.25, -0.2) is 0 Å². The molecular weight excluding hydrogens is 202 g/mol. The number of nitrogens with zero attached hydrogens (tertiary/aromatic N) is 2. The summed E-state index contributed by atoms with van der Waals surface area (Å²) >= 11 is 1.62. The van der Waals surface area contributed by atoms with Crippen molar-refractivity contribution in [1.82, 2.24) is 15.1 Å². The summed E-state index contributed by atoms with van der Waals surface area (Å²) in [4.78, 5) is 10.7. The van der Waals surface area contributed by atoms with Crippen molar-refractivity contribution < 1.29 is 9.90 Å². The molecule has 0 saturated carbocycles. The highest BCUT2D eigenvalue weighted by molar-refractivity contribution is 8.00. The molecule has 14 heavy (non-hydrogen) atoms. The van der Waals surface area contributed by atoms with Crippen molar-refractivity contribution in [2.75, 3.05) is 5.75 Å². The molecule has 2 N–H and O–H groups in total. The van der Waals surface area contributed by atoms with E-state index >= 15 is 0 Å². The molecule has 2 heterocycles. The van der Waals surface area contributed by atoms with Crippen LogP contribution in [0.4, 0.5) is 0 Å². The van der Waals surface area contributed by atoms with E-state index in [2.05, 4.69) is 10.4 Å². The predicted molar refractivity (Wildman–Crippen MR) is 53.0 cm³/mol. The van der Waals surface area contributed by atoms with Gasteiger partial charge in [-0.1, -0.05) is 0 Å². The highest BCUT2D eigenvalue weighted by atomic mass is 32.2. The van der Waals surface area contributed by atoms with E-state index in [1.165, 1.54) is 0 Å². The fraction of sp³-hybridized carbons (Fsp3) is 0.500. The van der Waals surface area contributed by atoms with Crippen LogP contribution in [0, 0.1) is 0 Å². The van der Waals surface area contributed by atoms with Crippen LogP contribution in [0.1, 0.15) is 0 Å². The second-order valence-corrected chi connectivity index (χ2v) is 4.34. The normalized spacial score (nSPS) is 26.6. The average molecular weight is 213 g/mol. The summed E-state index contributed by atoms with van der Waals surface area (Å²) in [5.74, 6) is -0.151. The first kappa shape index (κ1) is 9.54. The van der Waals surface area contributed by atoms with E-state index in [1.807, 2.05) is 12.3 Å². The van der Waals surface area contributed by atoms with Crippen LogP contribution < -0.4 is 5.32 Å². The lowest BCUT2D eigenvalue weighted by molar-refractivity contribution is -0.138. The zero-order valence-electron chi connectivity index (χ0n) is 7.46. The lowest BCUT2D eigenvalue weighted by Crippen LogP contribution is -2.38. The molecule has 0 aromatic carbocycles. The molecule has 2 atom stereocenters. The zero-order valence-corrected chi connectivity index (χ0v) is 8.28. The van der Waals surface area contributed by atoms with Gasteiger partial charge in [0.05, 0.1) is 11.9 Å². The van der Waals surface area contributed by atoms with Gasteiger partial charge in [0.25, 0.3) is 0 Å². The van der Waals surface area contributed by atoms with Crippen molar-refractivity contribution >= 4 is 17.7 Å². The van der Waals surface area contributed by atoms with Gasteiger partial charge in [0.1, 0.15) is 6.04 Å². The fourth-order valence-electron chi connectivity index (χ4n) is 1.36. The van der Waals surface area contributed by atoms with E-state index in [-0.39, 0.29) is 5.37 Å². The summed E-state index contributed by atoms with van der Waals surface area (Å²) in [7, 11) is 0. The monoisotopic (exact) mass is 213 g/mol. The van der Waals surface area contributed by atoms with Crippen molar-refractivity contribution in [3.63, 3.8) is 0 Å². The highest BCUT2D eigenvalue weighted by Gasteiger charge is 2.29. The van der Waals surface area contributed by atoms with Crippen LogP contribution in [0.5, 0.6) is 0 Å². The maximum atomic E-state index is 10.7. The Labute approximate surface area is 85.5 Å². The molecule has 1 aromatic heterocycles. The Kier molecular flexibility index (Phi) is 2.74. The van der Waals surface area contributed by atoms with Gasteiger partial charge in [0, 0.05) is 18.1 Å². The summed E-state index contributed by atoms with van der Waals surface area (Å²) in [6, 6.07) is 1.44. The number of thioether (sulfide) groups is 1. The second kappa shape index (κ2) is 4.02. The molecule has 0 unspecified atom stereocenters. The summed E-state index contributed by atoms with van der Waals surface area (Å²) in [5.41, 5.74) is 0. The highest BCUT2D eigenvalue weighted by Crippen LogP contribution is 2.19. The number of nitrogens with one attached hydrogen (secondary N) is 1. The number of carbonyl (C=O) groups is 1. The van der Waals surface area contributed by atoms with Crippen LogP contribution in [-0.2, 0) is 11.3 Å². The van der Waals surface area contributed by atoms with E-state index in [0.717, 1.165) is 0 Å². The molecule has 5 nitrogen and oxygen atoms in total. The van der Waals surface area contributed by atoms with E-state index < -0.39 is 12.0 Å². The Morgan fingerprint density at radius 1 is 1.79 bits per heavy atom. The first-order valence-corrected chi connectivity index (χ1v) is 5.38. The average Bonchev–Trinajstić information content (AvgIpc) is 2.75. The van der Waals surface area contributed by atoms with Gasteiger partial charge in [0.15, 0.2) is 0 Å². The molecule has 76 valence electrons. The minimum Gasteiger partial charge on any atom is -0.480 e. The third kappa shape index (κ3) is 2.08. The fourth-order valence-corrected chi connectivity index (χ4v) is 2.54. The number of hydrogen-bond acceptors (Lipinski definition) is 4. The zero-order chi connectivity index (χ0) is 9.97. The standard InChI is InChI=1S/C8H11N3O2S/c12-8(13)6-5-14-7(10-6)4-11-3-1-2-9-11/h1-3,6-7,10H,4-5H2,(H,12,13)/t6-,7-/m0/s1. The largest absolute Gasteiger partial charge is 0.480 e. The minimum absolute atomic E-state index is 0.149. The number of aromatic nitrogens is 2.